The lowest BCUT2D eigenvalue weighted by molar-refractivity contribution is -0.110. The van der Waals surface area contributed by atoms with Crippen LogP contribution < -0.4 is 0 Å². The van der Waals surface area contributed by atoms with Gasteiger partial charge in [-0.1, -0.05) is 13.3 Å². The van der Waals surface area contributed by atoms with Gasteiger partial charge in [0.05, 0.1) is 0 Å². The molecule has 0 aliphatic rings. The summed E-state index contributed by atoms with van der Waals surface area (Å²) >= 11 is 0. The van der Waals surface area contributed by atoms with Gasteiger partial charge in [0, 0.05) is 5.92 Å². The molecule has 0 saturated heterocycles. The van der Waals surface area contributed by atoms with E-state index in [9.17, 15) is 4.79 Å². The molecule has 0 saturated carbocycles. The summed E-state index contributed by atoms with van der Waals surface area (Å²) in [6.07, 6.45) is 2.58. The second-order valence-electron chi connectivity index (χ2n) is 2.40. The van der Waals surface area contributed by atoms with Crippen molar-refractivity contribution in [1.29, 1.82) is 0 Å². The summed E-state index contributed by atoms with van der Waals surface area (Å²) in [7, 11) is -1.35. The van der Waals surface area contributed by atoms with E-state index < -0.39 is 7.12 Å². The van der Waals surface area contributed by atoms with Crippen LogP contribution in [0.1, 0.15) is 19.8 Å². The molecule has 2 N–H and O–H groups in total. The highest BCUT2D eigenvalue weighted by molar-refractivity contribution is 6.41. The zero-order valence-electron chi connectivity index (χ0n) is 6.16. The number of carbonyl (C=O) groups excluding carboxylic acids is 1. The molecule has 0 radical (unpaired) electrons. The van der Waals surface area contributed by atoms with Crippen LogP contribution in [0, 0.1) is 5.92 Å². The van der Waals surface area contributed by atoms with E-state index in [2.05, 4.69) is 0 Å². The topological polar surface area (TPSA) is 57.5 Å². The van der Waals surface area contributed by atoms with E-state index in [1.54, 1.807) is 0 Å². The van der Waals surface area contributed by atoms with E-state index in [0.717, 1.165) is 19.1 Å². The highest BCUT2D eigenvalue weighted by atomic mass is 16.4. The summed E-state index contributed by atoms with van der Waals surface area (Å²) in [5, 5.41) is 17.0. The first kappa shape index (κ1) is 9.65. The Kier molecular flexibility index (Phi) is 5.25. The van der Waals surface area contributed by atoms with Crippen LogP contribution >= 0.6 is 0 Å². The number of hydrogen-bond acceptors (Lipinski definition) is 3. The highest BCUT2D eigenvalue weighted by Gasteiger charge is 2.14. The van der Waals surface area contributed by atoms with Crippen LogP contribution in [0.25, 0.3) is 0 Å². The monoisotopic (exact) mass is 144 g/mol. The molecule has 0 aliphatic carbocycles. The van der Waals surface area contributed by atoms with Gasteiger partial charge in [-0.2, -0.15) is 0 Å². The van der Waals surface area contributed by atoms with Crippen molar-refractivity contribution in [1.82, 2.24) is 0 Å². The average Bonchev–Trinajstić information content (AvgIpc) is 1.86. The van der Waals surface area contributed by atoms with Crippen molar-refractivity contribution in [3.63, 3.8) is 0 Å². The van der Waals surface area contributed by atoms with Gasteiger partial charge < -0.3 is 14.8 Å². The molecular weight excluding hydrogens is 131 g/mol. The molecule has 1 atom stereocenters. The minimum Gasteiger partial charge on any atom is -0.427 e. The maximum Gasteiger partial charge on any atom is 0.452 e. The SMILES string of the molecule is CCCC(C=O)CB(O)O. The second-order valence-corrected chi connectivity index (χ2v) is 2.40. The van der Waals surface area contributed by atoms with E-state index in [1.165, 1.54) is 0 Å². The molecule has 10 heavy (non-hydrogen) atoms. The first-order valence-electron chi connectivity index (χ1n) is 3.52. The zero-order valence-corrected chi connectivity index (χ0v) is 6.16. The van der Waals surface area contributed by atoms with E-state index >= 15 is 0 Å². The molecule has 0 amide bonds. The fourth-order valence-corrected chi connectivity index (χ4v) is 0.883. The number of aldehydes is 1. The van der Waals surface area contributed by atoms with Crippen LogP contribution in [0.5, 0.6) is 0 Å². The highest BCUT2D eigenvalue weighted by Crippen LogP contribution is 2.09. The van der Waals surface area contributed by atoms with E-state index in [1.807, 2.05) is 6.92 Å². The largest absolute Gasteiger partial charge is 0.452 e. The molecule has 0 aromatic rings. The summed E-state index contributed by atoms with van der Waals surface area (Å²) in [5.74, 6) is -0.190. The van der Waals surface area contributed by atoms with Crippen molar-refractivity contribution in [3.8, 4) is 0 Å². The second kappa shape index (κ2) is 5.44. The summed E-state index contributed by atoms with van der Waals surface area (Å²) < 4.78 is 0. The molecule has 3 nitrogen and oxygen atoms in total. The Morgan fingerprint density at radius 2 is 2.20 bits per heavy atom. The minimum absolute atomic E-state index is 0.164. The van der Waals surface area contributed by atoms with Gasteiger partial charge >= 0.3 is 7.12 Å². The van der Waals surface area contributed by atoms with Gasteiger partial charge in [0.1, 0.15) is 6.29 Å². The molecule has 0 aliphatic heterocycles. The van der Waals surface area contributed by atoms with Gasteiger partial charge in [-0.05, 0) is 12.7 Å². The van der Waals surface area contributed by atoms with Gasteiger partial charge in [-0.3, -0.25) is 0 Å². The lowest BCUT2D eigenvalue weighted by Crippen LogP contribution is -2.17. The van der Waals surface area contributed by atoms with Crippen molar-refractivity contribution in [2.45, 2.75) is 26.1 Å². The van der Waals surface area contributed by atoms with Gasteiger partial charge in [0.2, 0.25) is 0 Å². The molecule has 0 heterocycles. The third kappa shape index (κ3) is 4.53. The predicted molar refractivity (Wildman–Crippen MR) is 39.5 cm³/mol. The lowest BCUT2D eigenvalue weighted by Gasteiger charge is -2.05. The Hall–Kier alpha value is -0.345. The summed E-state index contributed by atoms with van der Waals surface area (Å²) in [4.78, 5) is 10.2. The first-order valence-corrected chi connectivity index (χ1v) is 3.52. The van der Waals surface area contributed by atoms with Crippen LogP contribution in [-0.2, 0) is 4.79 Å². The summed E-state index contributed by atoms with van der Waals surface area (Å²) in [5.41, 5.74) is 0. The first-order chi connectivity index (χ1) is 4.70. The van der Waals surface area contributed by atoms with Crippen LogP contribution in [0.2, 0.25) is 6.32 Å². The molecule has 0 bridgehead atoms. The van der Waals surface area contributed by atoms with Gasteiger partial charge in [0.15, 0.2) is 0 Å². The Morgan fingerprint density at radius 1 is 1.60 bits per heavy atom. The third-order valence-electron chi connectivity index (χ3n) is 1.37. The molecule has 1 unspecified atom stereocenters. The standard InChI is InChI=1S/C6H13BO3/c1-2-3-6(5-8)4-7(9)10/h5-6,9-10H,2-4H2,1H3. The summed E-state index contributed by atoms with van der Waals surface area (Å²) in [6.45, 7) is 1.96. The quantitative estimate of drug-likeness (QED) is 0.424. The molecule has 4 heteroatoms. The van der Waals surface area contributed by atoms with Gasteiger partial charge in [0.25, 0.3) is 0 Å². The molecule has 0 aromatic heterocycles. The zero-order chi connectivity index (χ0) is 7.98. The Bertz CT molecular complexity index is 95.0. The van der Waals surface area contributed by atoms with Crippen molar-refractivity contribution in [2.75, 3.05) is 0 Å². The van der Waals surface area contributed by atoms with Gasteiger partial charge in [-0.15, -0.1) is 0 Å². The van der Waals surface area contributed by atoms with Crippen LogP contribution in [-0.4, -0.2) is 23.5 Å². The maximum atomic E-state index is 10.2. The number of rotatable bonds is 5. The van der Waals surface area contributed by atoms with Crippen molar-refractivity contribution >= 4 is 13.4 Å². The van der Waals surface area contributed by atoms with E-state index in [0.29, 0.717) is 0 Å². The lowest BCUT2D eigenvalue weighted by atomic mass is 9.77. The molecule has 0 spiro atoms. The predicted octanol–water partition coefficient (Wildman–Crippen LogP) is 0.0744. The molecular formula is C6H13BO3. The van der Waals surface area contributed by atoms with Crippen molar-refractivity contribution < 1.29 is 14.8 Å². The third-order valence-corrected chi connectivity index (χ3v) is 1.37. The van der Waals surface area contributed by atoms with E-state index in [4.69, 9.17) is 10.0 Å². The molecule has 0 fully saturated rings. The van der Waals surface area contributed by atoms with Crippen LogP contribution in [0.3, 0.4) is 0 Å². The number of carbonyl (C=O) groups is 1. The molecule has 0 aromatic carbocycles. The normalized spacial score (nSPS) is 12.7. The van der Waals surface area contributed by atoms with Crippen LogP contribution in [0.15, 0.2) is 0 Å². The molecule has 0 rings (SSSR count). The minimum atomic E-state index is -1.35. The summed E-state index contributed by atoms with van der Waals surface area (Å²) in [6, 6.07) is 0. The van der Waals surface area contributed by atoms with Crippen molar-refractivity contribution in [3.05, 3.63) is 0 Å². The fourth-order valence-electron chi connectivity index (χ4n) is 0.883. The average molecular weight is 144 g/mol. The maximum absolute atomic E-state index is 10.2. The fraction of sp³-hybridized carbons (Fsp3) is 0.833. The Morgan fingerprint density at radius 3 is 2.50 bits per heavy atom. The number of hydrogen-bond donors (Lipinski definition) is 2. The Balaban J connectivity index is 3.49. The van der Waals surface area contributed by atoms with E-state index in [-0.39, 0.29) is 12.2 Å². The van der Waals surface area contributed by atoms with Gasteiger partial charge in [-0.25, -0.2) is 0 Å². The Labute approximate surface area is 61.2 Å². The smallest absolute Gasteiger partial charge is 0.427 e. The van der Waals surface area contributed by atoms with Crippen LogP contribution in [0.4, 0.5) is 0 Å². The molecule has 58 valence electrons. The van der Waals surface area contributed by atoms with Crippen molar-refractivity contribution in [2.24, 2.45) is 5.92 Å².